The van der Waals surface area contributed by atoms with Gasteiger partial charge in [0.1, 0.15) is 23.5 Å². The van der Waals surface area contributed by atoms with Crippen molar-refractivity contribution >= 4 is 23.5 Å². The van der Waals surface area contributed by atoms with E-state index in [1.807, 2.05) is 0 Å². The van der Waals surface area contributed by atoms with Gasteiger partial charge < -0.3 is 10.2 Å². The molecule has 160 valence electrons. The van der Waals surface area contributed by atoms with Gasteiger partial charge in [0.25, 0.3) is 0 Å². The van der Waals surface area contributed by atoms with Crippen molar-refractivity contribution in [2.24, 2.45) is 11.8 Å². The largest absolute Gasteiger partial charge is 0.481 e. The average molecular weight is 420 g/mol. The van der Waals surface area contributed by atoms with E-state index in [2.05, 4.69) is 0 Å². The molecule has 2 unspecified atom stereocenters. The number of ketones is 2. The fourth-order valence-corrected chi connectivity index (χ4v) is 2.64. The predicted molar refractivity (Wildman–Crippen MR) is 104 cm³/mol. The average Bonchev–Trinajstić information content (AvgIpc) is 2.69. The monoisotopic (exact) mass is 420 g/mol. The molecule has 0 radical (unpaired) electrons. The van der Waals surface area contributed by atoms with Gasteiger partial charge in [-0.2, -0.15) is 0 Å². The summed E-state index contributed by atoms with van der Waals surface area (Å²) in [4.78, 5) is 44.7. The van der Waals surface area contributed by atoms with Crippen LogP contribution in [0.1, 0.15) is 47.4 Å². The summed E-state index contributed by atoms with van der Waals surface area (Å²) in [5.41, 5.74) is -0.321. The van der Waals surface area contributed by atoms with Crippen molar-refractivity contribution in [2.45, 2.75) is 26.7 Å². The molecular weight excluding hydrogens is 398 g/mol. The molecule has 0 aromatic heterocycles. The summed E-state index contributed by atoms with van der Waals surface area (Å²) >= 11 is 0. The van der Waals surface area contributed by atoms with Crippen LogP contribution in [0.3, 0.4) is 0 Å². The highest BCUT2D eigenvalue weighted by atomic mass is 19.1. The second kappa shape index (κ2) is 11.5. The zero-order chi connectivity index (χ0) is 22.8. The Morgan fingerprint density at radius 2 is 1.00 bits per heavy atom. The SMILES string of the molecule is CCC(C(=O)O)C(=O)c1ccccc1F.CCC(C(=O)O)C(=O)c1ccccc1F. The molecule has 30 heavy (non-hydrogen) atoms. The van der Waals surface area contributed by atoms with Crippen LogP contribution in [0.25, 0.3) is 0 Å². The number of benzene rings is 2. The van der Waals surface area contributed by atoms with Crippen LogP contribution in [0, 0.1) is 23.5 Å². The van der Waals surface area contributed by atoms with Crippen molar-refractivity contribution in [1.29, 1.82) is 0 Å². The number of carboxylic acid groups (broad SMARTS) is 2. The molecule has 0 bridgehead atoms. The Hall–Kier alpha value is -3.42. The topological polar surface area (TPSA) is 109 Å². The number of aliphatic carboxylic acids is 2. The molecule has 2 atom stereocenters. The molecule has 0 aliphatic rings. The first-order valence-electron chi connectivity index (χ1n) is 9.18. The van der Waals surface area contributed by atoms with Crippen LogP contribution in [-0.4, -0.2) is 33.7 Å². The van der Waals surface area contributed by atoms with E-state index in [-0.39, 0.29) is 24.0 Å². The molecule has 8 heteroatoms. The van der Waals surface area contributed by atoms with E-state index < -0.39 is 47.0 Å². The fraction of sp³-hybridized carbons (Fsp3) is 0.273. The number of halogens is 2. The van der Waals surface area contributed by atoms with E-state index >= 15 is 0 Å². The van der Waals surface area contributed by atoms with Crippen molar-refractivity contribution in [3.05, 3.63) is 71.3 Å². The molecule has 2 aromatic rings. The van der Waals surface area contributed by atoms with E-state index in [1.54, 1.807) is 13.8 Å². The molecule has 0 fully saturated rings. The Morgan fingerprint density at radius 3 is 1.23 bits per heavy atom. The lowest BCUT2D eigenvalue weighted by atomic mass is 9.95. The van der Waals surface area contributed by atoms with Crippen LogP contribution in [0.15, 0.2) is 48.5 Å². The highest BCUT2D eigenvalue weighted by molar-refractivity contribution is 6.08. The lowest BCUT2D eigenvalue weighted by Gasteiger charge is -2.08. The minimum atomic E-state index is -1.22. The quantitative estimate of drug-likeness (QED) is 0.488. The van der Waals surface area contributed by atoms with Crippen molar-refractivity contribution in [1.82, 2.24) is 0 Å². The first-order chi connectivity index (χ1) is 14.1. The lowest BCUT2D eigenvalue weighted by molar-refractivity contribution is -0.141. The van der Waals surface area contributed by atoms with Crippen molar-refractivity contribution in [2.75, 3.05) is 0 Å². The molecule has 0 aliphatic heterocycles. The van der Waals surface area contributed by atoms with Gasteiger partial charge >= 0.3 is 11.9 Å². The van der Waals surface area contributed by atoms with Crippen molar-refractivity contribution < 1.29 is 38.2 Å². The molecule has 0 amide bonds. The number of carbonyl (C=O) groups excluding carboxylic acids is 2. The Kier molecular flexibility index (Phi) is 9.48. The molecule has 0 spiro atoms. The predicted octanol–water partition coefficient (Wildman–Crippen LogP) is 4.24. The third-order valence-corrected chi connectivity index (χ3v) is 4.32. The van der Waals surface area contributed by atoms with E-state index in [1.165, 1.54) is 36.4 Å². The maximum Gasteiger partial charge on any atom is 0.314 e. The zero-order valence-electron chi connectivity index (χ0n) is 16.5. The van der Waals surface area contributed by atoms with Gasteiger partial charge in [0.05, 0.1) is 11.1 Å². The Balaban J connectivity index is 0.000000300. The highest BCUT2D eigenvalue weighted by Gasteiger charge is 2.27. The van der Waals surface area contributed by atoms with Gasteiger partial charge in [0, 0.05) is 0 Å². The summed E-state index contributed by atoms with van der Waals surface area (Å²) in [6.45, 7) is 3.16. The minimum Gasteiger partial charge on any atom is -0.481 e. The van der Waals surface area contributed by atoms with Crippen LogP contribution >= 0.6 is 0 Å². The lowest BCUT2D eigenvalue weighted by Crippen LogP contribution is -2.23. The summed E-state index contributed by atoms with van der Waals surface area (Å²) in [6.07, 6.45) is 0.311. The summed E-state index contributed by atoms with van der Waals surface area (Å²) in [5.74, 6) is -7.48. The molecule has 0 heterocycles. The van der Waals surface area contributed by atoms with E-state index in [0.29, 0.717) is 0 Å². The summed E-state index contributed by atoms with van der Waals surface area (Å²) in [6, 6.07) is 10.8. The normalized spacial score (nSPS) is 12.1. The zero-order valence-corrected chi connectivity index (χ0v) is 16.5. The van der Waals surface area contributed by atoms with E-state index in [0.717, 1.165) is 12.1 Å². The van der Waals surface area contributed by atoms with Gasteiger partial charge in [-0.1, -0.05) is 38.1 Å². The molecule has 0 saturated heterocycles. The van der Waals surface area contributed by atoms with E-state index in [9.17, 15) is 28.0 Å². The van der Waals surface area contributed by atoms with Crippen LogP contribution in [-0.2, 0) is 9.59 Å². The van der Waals surface area contributed by atoms with Crippen molar-refractivity contribution in [3.8, 4) is 0 Å². The second-order valence-electron chi connectivity index (χ2n) is 6.29. The number of hydrogen-bond acceptors (Lipinski definition) is 4. The highest BCUT2D eigenvalue weighted by Crippen LogP contribution is 2.16. The maximum absolute atomic E-state index is 13.2. The van der Waals surface area contributed by atoms with Crippen LogP contribution in [0.4, 0.5) is 8.78 Å². The minimum absolute atomic E-state index is 0.155. The Labute approximate surface area is 172 Å². The third kappa shape index (κ3) is 6.30. The van der Waals surface area contributed by atoms with Gasteiger partial charge in [-0.3, -0.25) is 19.2 Å². The number of Topliss-reactive ketones (excluding diaryl/α,β-unsaturated/α-hetero) is 2. The molecule has 2 aromatic carbocycles. The maximum atomic E-state index is 13.2. The molecular formula is C22H22F2O6. The van der Waals surface area contributed by atoms with Crippen molar-refractivity contribution in [3.63, 3.8) is 0 Å². The molecule has 2 N–H and O–H groups in total. The molecule has 0 saturated carbocycles. The van der Waals surface area contributed by atoms with Crippen LogP contribution in [0.5, 0.6) is 0 Å². The summed E-state index contributed by atoms with van der Waals surface area (Å²) in [5, 5.41) is 17.5. The van der Waals surface area contributed by atoms with Crippen LogP contribution < -0.4 is 0 Å². The first-order valence-corrected chi connectivity index (χ1v) is 9.18. The van der Waals surface area contributed by atoms with Gasteiger partial charge in [-0.05, 0) is 37.1 Å². The Bertz CT molecular complexity index is 850. The smallest absolute Gasteiger partial charge is 0.314 e. The van der Waals surface area contributed by atoms with Gasteiger partial charge in [0.15, 0.2) is 11.6 Å². The number of hydrogen-bond donors (Lipinski definition) is 2. The number of rotatable bonds is 8. The number of carbonyl (C=O) groups is 4. The van der Waals surface area contributed by atoms with Crippen LogP contribution in [0.2, 0.25) is 0 Å². The number of carboxylic acids is 2. The summed E-state index contributed by atoms with van der Waals surface area (Å²) < 4.78 is 26.4. The molecule has 2 rings (SSSR count). The third-order valence-electron chi connectivity index (χ3n) is 4.32. The van der Waals surface area contributed by atoms with Gasteiger partial charge in [-0.15, -0.1) is 0 Å². The van der Waals surface area contributed by atoms with Gasteiger partial charge in [-0.25, -0.2) is 8.78 Å². The molecule has 0 aliphatic carbocycles. The second-order valence-corrected chi connectivity index (χ2v) is 6.29. The Morgan fingerprint density at radius 1 is 0.700 bits per heavy atom. The van der Waals surface area contributed by atoms with E-state index in [4.69, 9.17) is 10.2 Å². The fourth-order valence-electron chi connectivity index (χ4n) is 2.64. The van der Waals surface area contributed by atoms with Gasteiger partial charge in [0.2, 0.25) is 0 Å². The summed E-state index contributed by atoms with van der Waals surface area (Å²) in [7, 11) is 0. The first kappa shape index (κ1) is 24.6. The standard InChI is InChI=1S/2C11H11FO3/c2*1-2-7(11(14)15)10(13)8-5-3-4-6-9(8)12/h2*3-7H,2H2,1H3,(H,14,15). The molecule has 6 nitrogen and oxygen atoms in total.